The number of aromatic nitrogens is 1. The van der Waals surface area contributed by atoms with Crippen LogP contribution in [0.3, 0.4) is 0 Å². The van der Waals surface area contributed by atoms with Gasteiger partial charge in [-0.1, -0.05) is 26.3 Å². The number of nitrogens with zero attached hydrogens (tertiary/aromatic N) is 2. The Bertz CT molecular complexity index is 428. The summed E-state index contributed by atoms with van der Waals surface area (Å²) in [6.45, 7) is 10.1. The van der Waals surface area contributed by atoms with Gasteiger partial charge in [0.25, 0.3) is 0 Å². The predicted molar refractivity (Wildman–Crippen MR) is 86.9 cm³/mol. The molecule has 0 amide bonds. The molecule has 1 N–H and O–H groups in total. The van der Waals surface area contributed by atoms with E-state index in [2.05, 4.69) is 41.2 Å². The average molecular weight is 287 g/mol. The fourth-order valence-electron chi connectivity index (χ4n) is 3.85. The first-order valence-corrected chi connectivity index (χ1v) is 8.57. The summed E-state index contributed by atoms with van der Waals surface area (Å²) in [4.78, 5) is 7.26. The molecule has 1 aromatic heterocycles. The molecule has 0 spiro atoms. The lowest BCUT2D eigenvalue weighted by Gasteiger charge is -2.16. The molecule has 116 valence electrons. The number of hydrogen-bond donors (Lipinski definition) is 1. The van der Waals surface area contributed by atoms with Gasteiger partial charge < -0.3 is 5.32 Å². The Morgan fingerprint density at radius 3 is 2.62 bits per heavy atom. The Labute approximate surface area is 129 Å². The van der Waals surface area contributed by atoms with Gasteiger partial charge in [0.1, 0.15) is 0 Å². The second-order valence-corrected chi connectivity index (χ2v) is 7.33. The number of likely N-dealkylation sites (tertiary alicyclic amines) is 1. The Hall–Kier alpha value is -0.930. The first-order valence-electron chi connectivity index (χ1n) is 8.57. The average Bonchev–Trinajstić information content (AvgIpc) is 3.01. The number of fused-ring (bicyclic) bond motifs is 1. The fourth-order valence-corrected chi connectivity index (χ4v) is 3.85. The van der Waals surface area contributed by atoms with Gasteiger partial charge in [0.15, 0.2) is 0 Å². The molecule has 2 fully saturated rings. The van der Waals surface area contributed by atoms with E-state index in [1.165, 1.54) is 43.6 Å². The number of pyridine rings is 1. The van der Waals surface area contributed by atoms with Crippen molar-refractivity contribution in [3.8, 4) is 0 Å². The van der Waals surface area contributed by atoms with E-state index < -0.39 is 0 Å². The van der Waals surface area contributed by atoms with Crippen LogP contribution in [0, 0.1) is 17.8 Å². The molecular weight excluding hydrogens is 258 g/mol. The van der Waals surface area contributed by atoms with Crippen molar-refractivity contribution in [3.63, 3.8) is 0 Å². The maximum atomic E-state index is 4.65. The fraction of sp³-hybridized carbons (Fsp3) is 0.722. The van der Waals surface area contributed by atoms with E-state index in [0.29, 0.717) is 5.92 Å². The van der Waals surface area contributed by atoms with E-state index in [0.717, 1.165) is 31.5 Å². The molecule has 1 saturated heterocycles. The van der Waals surface area contributed by atoms with Gasteiger partial charge in [0.05, 0.1) is 5.69 Å². The molecule has 2 unspecified atom stereocenters. The molecule has 1 aliphatic carbocycles. The van der Waals surface area contributed by atoms with Crippen molar-refractivity contribution >= 4 is 0 Å². The predicted octanol–water partition coefficient (Wildman–Crippen LogP) is 3.06. The molecule has 3 rings (SSSR count). The van der Waals surface area contributed by atoms with E-state index >= 15 is 0 Å². The maximum absolute atomic E-state index is 4.65. The van der Waals surface area contributed by atoms with Crippen molar-refractivity contribution in [2.24, 2.45) is 17.8 Å². The number of nitrogens with one attached hydrogen (secondary N) is 1. The molecule has 0 aromatic carbocycles. The largest absolute Gasteiger partial charge is 0.312 e. The zero-order valence-corrected chi connectivity index (χ0v) is 13.5. The van der Waals surface area contributed by atoms with E-state index in [9.17, 15) is 0 Å². The highest BCUT2D eigenvalue weighted by atomic mass is 15.2. The van der Waals surface area contributed by atoms with Crippen molar-refractivity contribution in [1.29, 1.82) is 0 Å². The van der Waals surface area contributed by atoms with Gasteiger partial charge in [-0.3, -0.25) is 9.88 Å². The summed E-state index contributed by atoms with van der Waals surface area (Å²) in [7, 11) is 0. The van der Waals surface area contributed by atoms with Crippen LogP contribution in [0.15, 0.2) is 18.3 Å². The SMILES string of the molecule is CC(C)CNCc1ccc(CN2CC3CCCC3C2)nc1. The van der Waals surface area contributed by atoms with Crippen LogP contribution >= 0.6 is 0 Å². The van der Waals surface area contributed by atoms with Gasteiger partial charge >= 0.3 is 0 Å². The Balaban J connectivity index is 1.46. The first-order chi connectivity index (χ1) is 10.2. The molecule has 0 bridgehead atoms. The minimum Gasteiger partial charge on any atom is -0.312 e. The quantitative estimate of drug-likeness (QED) is 0.871. The summed E-state index contributed by atoms with van der Waals surface area (Å²) in [5.41, 5.74) is 2.51. The lowest BCUT2D eigenvalue weighted by molar-refractivity contribution is 0.300. The normalized spacial score (nSPS) is 25.7. The molecule has 1 aliphatic heterocycles. The summed E-state index contributed by atoms with van der Waals surface area (Å²) in [6.07, 6.45) is 6.41. The summed E-state index contributed by atoms with van der Waals surface area (Å²) >= 11 is 0. The van der Waals surface area contributed by atoms with E-state index in [4.69, 9.17) is 0 Å². The third-order valence-electron chi connectivity index (χ3n) is 4.96. The van der Waals surface area contributed by atoms with Crippen LogP contribution in [0.5, 0.6) is 0 Å². The summed E-state index contributed by atoms with van der Waals surface area (Å²) in [5, 5.41) is 3.47. The molecule has 1 saturated carbocycles. The zero-order chi connectivity index (χ0) is 14.7. The van der Waals surface area contributed by atoms with Crippen molar-refractivity contribution in [2.75, 3.05) is 19.6 Å². The Kier molecular flexibility index (Phi) is 4.91. The summed E-state index contributed by atoms with van der Waals surface area (Å²) < 4.78 is 0. The third-order valence-corrected chi connectivity index (χ3v) is 4.96. The molecule has 2 heterocycles. The van der Waals surface area contributed by atoms with Crippen LogP contribution < -0.4 is 5.32 Å². The van der Waals surface area contributed by atoms with E-state index in [-0.39, 0.29) is 0 Å². The molecule has 2 atom stereocenters. The van der Waals surface area contributed by atoms with Gasteiger partial charge in [-0.05, 0) is 48.8 Å². The zero-order valence-electron chi connectivity index (χ0n) is 13.5. The topological polar surface area (TPSA) is 28.2 Å². The summed E-state index contributed by atoms with van der Waals surface area (Å²) in [6, 6.07) is 4.44. The van der Waals surface area contributed by atoms with Crippen LogP contribution in [0.2, 0.25) is 0 Å². The highest BCUT2D eigenvalue weighted by molar-refractivity contribution is 5.14. The molecule has 2 aliphatic rings. The molecule has 1 aromatic rings. The van der Waals surface area contributed by atoms with Gasteiger partial charge in [-0.25, -0.2) is 0 Å². The Morgan fingerprint density at radius 1 is 1.24 bits per heavy atom. The molecule has 0 radical (unpaired) electrons. The van der Waals surface area contributed by atoms with E-state index in [1.807, 2.05) is 6.20 Å². The molecule has 3 heteroatoms. The maximum Gasteiger partial charge on any atom is 0.0544 e. The first kappa shape index (κ1) is 15.0. The minimum atomic E-state index is 0.701. The number of rotatable bonds is 6. The van der Waals surface area contributed by atoms with Crippen LogP contribution in [-0.2, 0) is 13.1 Å². The second-order valence-electron chi connectivity index (χ2n) is 7.33. The Morgan fingerprint density at radius 2 is 2.00 bits per heavy atom. The molecule has 3 nitrogen and oxygen atoms in total. The van der Waals surface area contributed by atoms with Crippen molar-refractivity contribution in [3.05, 3.63) is 29.6 Å². The highest BCUT2D eigenvalue weighted by Crippen LogP contribution is 2.37. The van der Waals surface area contributed by atoms with Crippen molar-refractivity contribution in [2.45, 2.75) is 46.2 Å². The standard InChI is InChI=1S/C18H29N3/c1-14(2)8-19-9-15-6-7-18(20-10-15)13-21-11-16-4-3-5-17(16)12-21/h6-7,10,14,16-17,19H,3-5,8-9,11-13H2,1-2H3. The third kappa shape index (κ3) is 4.04. The van der Waals surface area contributed by atoms with Crippen LogP contribution in [-0.4, -0.2) is 29.5 Å². The lowest BCUT2D eigenvalue weighted by atomic mass is 10.0. The van der Waals surface area contributed by atoms with Gasteiger partial charge in [0.2, 0.25) is 0 Å². The van der Waals surface area contributed by atoms with Crippen LogP contribution in [0.25, 0.3) is 0 Å². The highest BCUT2D eigenvalue weighted by Gasteiger charge is 2.35. The van der Waals surface area contributed by atoms with Gasteiger partial charge in [-0.2, -0.15) is 0 Å². The lowest BCUT2D eigenvalue weighted by Crippen LogP contribution is -2.22. The van der Waals surface area contributed by atoms with E-state index in [1.54, 1.807) is 0 Å². The smallest absolute Gasteiger partial charge is 0.0544 e. The summed E-state index contributed by atoms with van der Waals surface area (Å²) in [5.74, 6) is 2.65. The van der Waals surface area contributed by atoms with Crippen molar-refractivity contribution < 1.29 is 0 Å². The van der Waals surface area contributed by atoms with Crippen LogP contribution in [0.1, 0.15) is 44.4 Å². The monoisotopic (exact) mass is 287 g/mol. The second kappa shape index (κ2) is 6.89. The van der Waals surface area contributed by atoms with Crippen molar-refractivity contribution in [1.82, 2.24) is 15.2 Å². The van der Waals surface area contributed by atoms with Gasteiger partial charge in [0, 0.05) is 32.4 Å². The van der Waals surface area contributed by atoms with Crippen LogP contribution in [0.4, 0.5) is 0 Å². The molecule has 21 heavy (non-hydrogen) atoms. The van der Waals surface area contributed by atoms with Gasteiger partial charge in [-0.15, -0.1) is 0 Å². The molecular formula is C18H29N3. The number of hydrogen-bond acceptors (Lipinski definition) is 3. The minimum absolute atomic E-state index is 0.701.